The molecule has 0 radical (unpaired) electrons. The van der Waals surface area contributed by atoms with E-state index in [0.717, 1.165) is 37.7 Å². The minimum absolute atomic E-state index is 0.238. The molecule has 0 aromatic rings. The number of rotatable bonds is 2. The molecule has 4 aliphatic carbocycles. The molecule has 5 aliphatic rings. The van der Waals surface area contributed by atoms with Crippen molar-refractivity contribution in [1.82, 2.24) is 0 Å². The highest BCUT2D eigenvalue weighted by atomic mass is 16.7. The minimum Gasteiger partial charge on any atom is -0.369 e. The molecule has 5 rings (SSSR count). The zero-order chi connectivity index (χ0) is 16.6. The van der Waals surface area contributed by atoms with Gasteiger partial charge < -0.3 is 14.2 Å². The van der Waals surface area contributed by atoms with Gasteiger partial charge in [0.25, 0.3) is 0 Å². The molecule has 2 fully saturated rings. The smallest absolute Gasteiger partial charge is 0.171 e. The zero-order valence-corrected chi connectivity index (χ0v) is 15.3. The number of methoxy groups -OCH3 is 2. The lowest BCUT2D eigenvalue weighted by molar-refractivity contribution is -0.212. The van der Waals surface area contributed by atoms with Crippen molar-refractivity contribution in [2.45, 2.75) is 69.7 Å². The molecule has 0 aromatic heterocycles. The molecule has 3 heteroatoms. The second-order valence-corrected chi connectivity index (χ2v) is 8.93. The van der Waals surface area contributed by atoms with Gasteiger partial charge in [-0.3, -0.25) is 0 Å². The first-order chi connectivity index (χ1) is 11.6. The lowest BCUT2D eigenvalue weighted by atomic mass is 9.57. The van der Waals surface area contributed by atoms with E-state index in [4.69, 9.17) is 14.2 Å². The summed E-state index contributed by atoms with van der Waals surface area (Å²) in [5, 5.41) is 0. The van der Waals surface area contributed by atoms with Gasteiger partial charge in [-0.15, -0.1) is 0 Å². The molecule has 4 atom stereocenters. The van der Waals surface area contributed by atoms with Crippen molar-refractivity contribution in [1.29, 1.82) is 0 Å². The molecule has 3 unspecified atom stereocenters. The van der Waals surface area contributed by atoms with Gasteiger partial charge in [0.1, 0.15) is 0 Å². The summed E-state index contributed by atoms with van der Waals surface area (Å²) in [7, 11) is 3.58. The third-order valence-corrected chi connectivity index (χ3v) is 8.36. The lowest BCUT2D eigenvalue weighted by Gasteiger charge is -2.48. The lowest BCUT2D eigenvalue weighted by Crippen LogP contribution is -2.44. The maximum atomic E-state index is 6.00. The molecule has 1 saturated heterocycles. The predicted molar refractivity (Wildman–Crippen MR) is 92.6 cm³/mol. The Morgan fingerprint density at radius 1 is 1.12 bits per heavy atom. The van der Waals surface area contributed by atoms with Crippen LogP contribution in [-0.4, -0.2) is 32.2 Å². The summed E-state index contributed by atoms with van der Waals surface area (Å²) in [6.45, 7) is 3.52. The second-order valence-electron chi connectivity index (χ2n) is 8.93. The van der Waals surface area contributed by atoms with Crippen LogP contribution in [0.1, 0.15) is 58.3 Å². The van der Waals surface area contributed by atoms with Crippen LogP contribution in [-0.2, 0) is 14.2 Å². The van der Waals surface area contributed by atoms with Crippen molar-refractivity contribution in [3.63, 3.8) is 0 Å². The Bertz CT molecular complexity index is 623. The summed E-state index contributed by atoms with van der Waals surface area (Å²) >= 11 is 0. The Morgan fingerprint density at radius 2 is 1.92 bits per heavy atom. The molecule has 0 bridgehead atoms. The quantitative estimate of drug-likeness (QED) is 0.556. The van der Waals surface area contributed by atoms with E-state index in [9.17, 15) is 0 Å². The van der Waals surface area contributed by atoms with E-state index >= 15 is 0 Å². The van der Waals surface area contributed by atoms with Crippen molar-refractivity contribution in [2.24, 2.45) is 17.3 Å². The van der Waals surface area contributed by atoms with Crippen molar-refractivity contribution < 1.29 is 14.2 Å². The van der Waals surface area contributed by atoms with E-state index in [2.05, 4.69) is 13.0 Å². The van der Waals surface area contributed by atoms with Crippen LogP contribution in [0.25, 0.3) is 0 Å². The highest BCUT2D eigenvalue weighted by Gasteiger charge is 2.67. The van der Waals surface area contributed by atoms with Crippen LogP contribution in [0.2, 0.25) is 0 Å². The largest absolute Gasteiger partial charge is 0.369 e. The summed E-state index contributed by atoms with van der Waals surface area (Å²) in [6.07, 6.45) is 12.0. The van der Waals surface area contributed by atoms with Crippen molar-refractivity contribution in [3.8, 4) is 0 Å². The Hall–Kier alpha value is -0.640. The highest BCUT2D eigenvalue weighted by molar-refractivity contribution is 5.45. The van der Waals surface area contributed by atoms with E-state index in [-0.39, 0.29) is 11.4 Å². The van der Waals surface area contributed by atoms with Crippen LogP contribution in [0, 0.1) is 17.3 Å². The van der Waals surface area contributed by atoms with Crippen LogP contribution in [0.4, 0.5) is 0 Å². The van der Waals surface area contributed by atoms with Crippen LogP contribution in [0.15, 0.2) is 22.8 Å². The molecular weight excluding hydrogens is 300 g/mol. The van der Waals surface area contributed by atoms with Crippen LogP contribution < -0.4 is 0 Å². The van der Waals surface area contributed by atoms with Gasteiger partial charge in [0.15, 0.2) is 5.79 Å². The third kappa shape index (κ3) is 1.84. The topological polar surface area (TPSA) is 31.0 Å². The molecule has 0 aromatic carbocycles. The Labute approximate surface area is 145 Å². The number of hydrogen-bond acceptors (Lipinski definition) is 3. The Morgan fingerprint density at radius 3 is 2.62 bits per heavy atom. The van der Waals surface area contributed by atoms with Gasteiger partial charge in [0.05, 0.1) is 12.2 Å². The average molecular weight is 330 g/mol. The monoisotopic (exact) mass is 330 g/mol. The van der Waals surface area contributed by atoms with E-state index in [1.807, 2.05) is 0 Å². The number of ether oxygens (including phenoxy) is 3. The number of epoxide rings is 1. The molecule has 1 aliphatic heterocycles. The Balaban J connectivity index is 1.49. The van der Waals surface area contributed by atoms with Crippen molar-refractivity contribution in [3.05, 3.63) is 22.8 Å². The third-order valence-electron chi connectivity index (χ3n) is 8.36. The predicted octanol–water partition coefficient (Wildman–Crippen LogP) is 4.38. The maximum Gasteiger partial charge on any atom is 0.171 e. The normalized spacial score (nSPS) is 45.5. The molecule has 0 amide bonds. The molecule has 1 heterocycles. The molecule has 24 heavy (non-hydrogen) atoms. The summed E-state index contributed by atoms with van der Waals surface area (Å²) in [4.78, 5) is 0. The van der Waals surface area contributed by atoms with Crippen LogP contribution in [0.3, 0.4) is 0 Å². The fraction of sp³-hybridized carbons (Fsp3) is 0.810. The van der Waals surface area contributed by atoms with Gasteiger partial charge >= 0.3 is 0 Å². The summed E-state index contributed by atoms with van der Waals surface area (Å²) in [5.41, 5.74) is 5.58. The number of hydrogen-bond donors (Lipinski definition) is 0. The SMILES string of the molecule is COC1(OC)CCC2=C(CCC3C2=CC[C@@]2(C)C3CCC23CO3)C1. The van der Waals surface area contributed by atoms with Gasteiger partial charge in [0.2, 0.25) is 0 Å². The highest BCUT2D eigenvalue weighted by Crippen LogP contribution is 2.67. The fourth-order valence-electron chi connectivity index (χ4n) is 6.63. The maximum absolute atomic E-state index is 6.00. The van der Waals surface area contributed by atoms with Crippen molar-refractivity contribution in [2.75, 3.05) is 20.8 Å². The molecule has 132 valence electrons. The first kappa shape index (κ1) is 15.6. The second kappa shape index (κ2) is 4.96. The fourth-order valence-corrected chi connectivity index (χ4v) is 6.63. The van der Waals surface area contributed by atoms with E-state index in [1.165, 1.54) is 32.1 Å². The van der Waals surface area contributed by atoms with E-state index in [0.29, 0.717) is 5.41 Å². The first-order valence-corrected chi connectivity index (χ1v) is 9.72. The molecule has 1 saturated carbocycles. The summed E-state index contributed by atoms with van der Waals surface area (Å²) in [6, 6.07) is 0. The van der Waals surface area contributed by atoms with Gasteiger partial charge in [0, 0.05) is 32.5 Å². The van der Waals surface area contributed by atoms with Crippen LogP contribution in [0.5, 0.6) is 0 Å². The summed E-state index contributed by atoms with van der Waals surface area (Å²) in [5.74, 6) is 1.21. The average Bonchev–Trinajstić information content (AvgIpc) is 3.35. The Kier molecular flexibility index (Phi) is 3.22. The van der Waals surface area contributed by atoms with Gasteiger partial charge in [-0.05, 0) is 61.5 Å². The van der Waals surface area contributed by atoms with E-state index < -0.39 is 0 Å². The number of allylic oxidation sites excluding steroid dienone is 3. The molecular formula is C21H30O3. The van der Waals surface area contributed by atoms with Gasteiger partial charge in [-0.2, -0.15) is 0 Å². The zero-order valence-electron chi connectivity index (χ0n) is 15.3. The standard InChI is InChI=1S/C21H30O3/c1-19-9-6-16-15-7-11-21(22-2,23-3)12-14(15)4-5-17(16)18(19)8-10-20(19)13-24-20/h6,17-18H,4-5,7-13H2,1-3H3/t17?,18?,19-,20?/m0/s1. The minimum atomic E-state index is -0.380. The summed E-state index contributed by atoms with van der Waals surface area (Å²) < 4.78 is 17.5. The van der Waals surface area contributed by atoms with Crippen LogP contribution >= 0.6 is 0 Å². The molecule has 1 spiro atoms. The van der Waals surface area contributed by atoms with Gasteiger partial charge in [-0.1, -0.05) is 18.6 Å². The first-order valence-electron chi connectivity index (χ1n) is 9.72. The van der Waals surface area contributed by atoms with Crippen molar-refractivity contribution >= 4 is 0 Å². The van der Waals surface area contributed by atoms with Gasteiger partial charge in [-0.25, -0.2) is 0 Å². The molecule has 3 nitrogen and oxygen atoms in total. The molecule has 0 N–H and O–H groups in total. The van der Waals surface area contributed by atoms with E-state index in [1.54, 1.807) is 30.9 Å². The number of fused-ring (bicyclic) bond motifs is 5.